The van der Waals surface area contributed by atoms with Crippen LogP contribution < -0.4 is 0 Å². The van der Waals surface area contributed by atoms with Crippen LogP contribution in [0, 0.1) is 11.3 Å². The van der Waals surface area contributed by atoms with Crippen molar-refractivity contribution in [3.63, 3.8) is 0 Å². The predicted octanol–water partition coefficient (Wildman–Crippen LogP) is 3.30. The molecule has 0 spiro atoms. The monoisotopic (exact) mass is 238 g/mol. The third-order valence-corrected chi connectivity index (χ3v) is 5.16. The highest BCUT2D eigenvalue weighted by atomic mass is 16.5. The summed E-state index contributed by atoms with van der Waals surface area (Å²) in [6.45, 7) is 12.4. The first kappa shape index (κ1) is 13.1. The van der Waals surface area contributed by atoms with Crippen molar-refractivity contribution in [1.29, 1.82) is 0 Å². The van der Waals surface area contributed by atoms with E-state index in [-0.39, 0.29) is 11.0 Å². The SMILES string of the molecule is C=CC(C)(O)CC[C@@H]1C(C)(C)[C@@H]2CC[C@]1(C)O2. The van der Waals surface area contributed by atoms with Gasteiger partial charge in [-0.05, 0) is 50.9 Å². The Bertz CT molecular complexity index is 314. The summed E-state index contributed by atoms with van der Waals surface area (Å²) in [7, 11) is 0. The molecule has 2 heteroatoms. The molecule has 0 aromatic rings. The Balaban J connectivity index is 2.08. The third-order valence-electron chi connectivity index (χ3n) is 5.16. The second-order valence-electron chi connectivity index (χ2n) is 6.93. The number of aliphatic hydroxyl groups is 1. The maximum absolute atomic E-state index is 10.0. The molecule has 1 unspecified atom stereocenters. The lowest BCUT2D eigenvalue weighted by Gasteiger charge is -2.40. The number of hydrogen-bond donors (Lipinski definition) is 1. The highest BCUT2D eigenvalue weighted by molar-refractivity contribution is 5.09. The van der Waals surface area contributed by atoms with Crippen molar-refractivity contribution in [3.05, 3.63) is 12.7 Å². The van der Waals surface area contributed by atoms with Gasteiger partial charge in [0.2, 0.25) is 0 Å². The van der Waals surface area contributed by atoms with Crippen LogP contribution in [0.5, 0.6) is 0 Å². The molecule has 2 aliphatic rings. The van der Waals surface area contributed by atoms with Crippen LogP contribution in [-0.4, -0.2) is 22.4 Å². The summed E-state index contributed by atoms with van der Waals surface area (Å²) in [5.74, 6) is 0.542. The molecule has 2 nitrogen and oxygen atoms in total. The highest BCUT2D eigenvalue weighted by Crippen LogP contribution is 2.59. The fraction of sp³-hybridized carbons (Fsp3) is 0.867. The molecule has 0 aromatic heterocycles. The molecule has 2 fully saturated rings. The summed E-state index contributed by atoms with van der Waals surface area (Å²) in [6.07, 6.45) is 6.21. The summed E-state index contributed by atoms with van der Waals surface area (Å²) < 4.78 is 6.18. The minimum atomic E-state index is -0.742. The van der Waals surface area contributed by atoms with Crippen molar-refractivity contribution in [3.8, 4) is 0 Å². The summed E-state index contributed by atoms with van der Waals surface area (Å²) in [4.78, 5) is 0. The van der Waals surface area contributed by atoms with E-state index in [0.717, 1.165) is 12.8 Å². The van der Waals surface area contributed by atoms with Crippen molar-refractivity contribution in [2.45, 2.75) is 70.7 Å². The lowest BCUT2D eigenvalue weighted by atomic mass is 9.62. The van der Waals surface area contributed by atoms with E-state index in [1.807, 2.05) is 6.92 Å². The second-order valence-corrected chi connectivity index (χ2v) is 6.93. The topological polar surface area (TPSA) is 29.5 Å². The van der Waals surface area contributed by atoms with Crippen LogP contribution in [0.1, 0.15) is 53.4 Å². The molecule has 2 bridgehead atoms. The van der Waals surface area contributed by atoms with Crippen molar-refractivity contribution < 1.29 is 9.84 Å². The van der Waals surface area contributed by atoms with E-state index >= 15 is 0 Å². The zero-order valence-corrected chi connectivity index (χ0v) is 11.6. The average Bonchev–Trinajstić information content (AvgIpc) is 2.68. The van der Waals surface area contributed by atoms with Gasteiger partial charge in [0, 0.05) is 0 Å². The van der Waals surface area contributed by atoms with Gasteiger partial charge in [-0.2, -0.15) is 0 Å². The Morgan fingerprint density at radius 2 is 2.12 bits per heavy atom. The van der Waals surface area contributed by atoms with Gasteiger partial charge in [0.05, 0.1) is 17.3 Å². The van der Waals surface area contributed by atoms with E-state index in [1.54, 1.807) is 6.08 Å². The molecule has 1 N–H and O–H groups in total. The van der Waals surface area contributed by atoms with Gasteiger partial charge < -0.3 is 9.84 Å². The largest absolute Gasteiger partial charge is 0.386 e. The van der Waals surface area contributed by atoms with Crippen LogP contribution in [0.3, 0.4) is 0 Å². The minimum absolute atomic E-state index is 0.0332. The standard InChI is InChI=1S/C15H26O2/c1-6-14(4,16)9-7-11-13(2,3)12-8-10-15(11,5)17-12/h6,11-12,16H,1,7-10H2,2-5H3/t11-,12+,14?,15+/m1/s1. The van der Waals surface area contributed by atoms with Gasteiger partial charge >= 0.3 is 0 Å². The minimum Gasteiger partial charge on any atom is -0.386 e. The molecular formula is C15H26O2. The number of hydrogen-bond acceptors (Lipinski definition) is 2. The Morgan fingerprint density at radius 1 is 1.47 bits per heavy atom. The third kappa shape index (κ3) is 2.06. The Labute approximate surface area is 105 Å². The van der Waals surface area contributed by atoms with Gasteiger partial charge in [-0.25, -0.2) is 0 Å². The Hall–Kier alpha value is -0.340. The molecule has 0 saturated carbocycles. The summed E-state index contributed by atoms with van der Waals surface area (Å²) >= 11 is 0. The molecule has 2 saturated heterocycles. The molecule has 0 radical (unpaired) electrons. The zero-order chi connectivity index (χ0) is 12.9. The first-order chi connectivity index (χ1) is 7.71. The fourth-order valence-electron chi connectivity index (χ4n) is 3.87. The summed E-state index contributed by atoms with van der Waals surface area (Å²) in [5.41, 5.74) is -0.468. The van der Waals surface area contributed by atoms with Crippen molar-refractivity contribution in [2.75, 3.05) is 0 Å². The smallest absolute Gasteiger partial charge is 0.0797 e. The van der Waals surface area contributed by atoms with Gasteiger partial charge in [-0.15, -0.1) is 6.58 Å². The molecular weight excluding hydrogens is 212 g/mol. The van der Waals surface area contributed by atoms with E-state index in [4.69, 9.17) is 4.74 Å². The molecule has 0 aliphatic carbocycles. The maximum atomic E-state index is 10.0. The molecule has 98 valence electrons. The molecule has 17 heavy (non-hydrogen) atoms. The van der Waals surface area contributed by atoms with Crippen LogP contribution in [0.2, 0.25) is 0 Å². The Morgan fingerprint density at radius 3 is 2.59 bits per heavy atom. The van der Waals surface area contributed by atoms with E-state index in [0.29, 0.717) is 12.0 Å². The van der Waals surface area contributed by atoms with E-state index in [1.165, 1.54) is 12.8 Å². The number of rotatable bonds is 4. The average molecular weight is 238 g/mol. The van der Waals surface area contributed by atoms with Crippen LogP contribution in [0.4, 0.5) is 0 Å². The van der Waals surface area contributed by atoms with Crippen molar-refractivity contribution in [1.82, 2.24) is 0 Å². The quantitative estimate of drug-likeness (QED) is 0.761. The van der Waals surface area contributed by atoms with Gasteiger partial charge in [-0.3, -0.25) is 0 Å². The molecule has 2 heterocycles. The molecule has 4 atom stereocenters. The van der Waals surface area contributed by atoms with Gasteiger partial charge in [-0.1, -0.05) is 19.9 Å². The maximum Gasteiger partial charge on any atom is 0.0797 e. The molecule has 0 aromatic carbocycles. The van der Waals surface area contributed by atoms with Crippen LogP contribution in [-0.2, 0) is 4.74 Å². The molecule has 2 rings (SSSR count). The zero-order valence-electron chi connectivity index (χ0n) is 11.6. The summed E-state index contributed by atoms with van der Waals surface area (Å²) in [5, 5.41) is 10.0. The van der Waals surface area contributed by atoms with E-state index in [2.05, 4.69) is 27.4 Å². The van der Waals surface area contributed by atoms with E-state index in [9.17, 15) is 5.11 Å². The van der Waals surface area contributed by atoms with Crippen LogP contribution in [0.25, 0.3) is 0 Å². The highest BCUT2D eigenvalue weighted by Gasteiger charge is 2.60. The fourth-order valence-corrected chi connectivity index (χ4v) is 3.87. The Kier molecular flexibility index (Phi) is 2.95. The first-order valence-corrected chi connectivity index (χ1v) is 6.75. The number of fused-ring (bicyclic) bond motifs is 2. The number of ether oxygens (including phenoxy) is 1. The van der Waals surface area contributed by atoms with Gasteiger partial charge in [0.1, 0.15) is 0 Å². The van der Waals surface area contributed by atoms with Crippen LogP contribution in [0.15, 0.2) is 12.7 Å². The first-order valence-electron chi connectivity index (χ1n) is 6.75. The molecule has 0 amide bonds. The normalized spacial score (nSPS) is 42.4. The lowest BCUT2D eigenvalue weighted by molar-refractivity contribution is -0.000250. The van der Waals surface area contributed by atoms with Gasteiger partial charge in [0.15, 0.2) is 0 Å². The predicted molar refractivity (Wildman–Crippen MR) is 69.8 cm³/mol. The second kappa shape index (κ2) is 3.83. The van der Waals surface area contributed by atoms with Crippen molar-refractivity contribution in [2.24, 2.45) is 11.3 Å². The van der Waals surface area contributed by atoms with E-state index < -0.39 is 5.60 Å². The van der Waals surface area contributed by atoms with Crippen LogP contribution >= 0.6 is 0 Å². The summed E-state index contributed by atoms with van der Waals surface area (Å²) in [6, 6.07) is 0. The van der Waals surface area contributed by atoms with Crippen molar-refractivity contribution >= 4 is 0 Å². The van der Waals surface area contributed by atoms with Gasteiger partial charge in [0.25, 0.3) is 0 Å². The lowest BCUT2D eigenvalue weighted by Crippen LogP contribution is -2.41. The molecule has 2 aliphatic heterocycles.